The van der Waals surface area contributed by atoms with E-state index >= 15 is 0 Å². The first-order valence-electron chi connectivity index (χ1n) is 7.39. The summed E-state index contributed by atoms with van der Waals surface area (Å²) in [5.41, 5.74) is -0.377. The highest BCUT2D eigenvalue weighted by atomic mass is 19.3. The highest BCUT2D eigenvalue weighted by molar-refractivity contribution is 5.41. The molecule has 122 valence electrons. The van der Waals surface area contributed by atoms with Gasteiger partial charge in [0.1, 0.15) is 5.82 Å². The minimum absolute atomic E-state index is 0.381. The number of pyridine rings is 1. The first-order chi connectivity index (χ1) is 11.1. The fraction of sp³-hybridized carbons (Fsp3) is 0.400. The molecule has 2 aromatic rings. The van der Waals surface area contributed by atoms with E-state index in [2.05, 4.69) is 20.1 Å². The SMILES string of the molecule is O=c1c(OC(F)F)ccnn1-c1ccc(NC2CCCC2)nc1. The zero-order valence-electron chi connectivity index (χ0n) is 12.3. The molecule has 0 unspecified atom stereocenters. The van der Waals surface area contributed by atoms with E-state index in [1.165, 1.54) is 25.2 Å². The standard InChI is InChI=1S/C15H16F2N4O2/c16-15(17)23-12-7-8-19-21(14(12)22)11-5-6-13(18-9-11)20-10-3-1-2-4-10/h5-10,15H,1-4H2,(H,18,20). The first kappa shape index (κ1) is 15.4. The number of alkyl halides is 2. The van der Waals surface area contributed by atoms with E-state index in [4.69, 9.17) is 0 Å². The number of aromatic nitrogens is 3. The topological polar surface area (TPSA) is 69.0 Å². The van der Waals surface area contributed by atoms with Gasteiger partial charge in [-0.2, -0.15) is 18.6 Å². The van der Waals surface area contributed by atoms with E-state index in [-0.39, 0.29) is 0 Å². The number of anilines is 1. The number of nitrogens with zero attached hydrogens (tertiary/aromatic N) is 3. The molecule has 0 saturated heterocycles. The van der Waals surface area contributed by atoms with Gasteiger partial charge in [-0.25, -0.2) is 4.98 Å². The molecule has 1 N–H and O–H groups in total. The average molecular weight is 322 g/mol. The van der Waals surface area contributed by atoms with Crippen LogP contribution in [0.4, 0.5) is 14.6 Å². The van der Waals surface area contributed by atoms with Crippen molar-refractivity contribution >= 4 is 5.82 Å². The number of hydrogen-bond acceptors (Lipinski definition) is 5. The third kappa shape index (κ3) is 3.64. The summed E-state index contributed by atoms with van der Waals surface area (Å²) in [6.07, 6.45) is 7.37. The lowest BCUT2D eigenvalue weighted by molar-refractivity contribution is -0.0511. The second-order valence-electron chi connectivity index (χ2n) is 5.32. The number of rotatable bonds is 5. The van der Waals surface area contributed by atoms with Crippen LogP contribution in [0.5, 0.6) is 5.75 Å². The van der Waals surface area contributed by atoms with Gasteiger partial charge in [0.25, 0.3) is 0 Å². The predicted octanol–water partition coefficient (Wildman–Crippen LogP) is 2.58. The summed E-state index contributed by atoms with van der Waals surface area (Å²) < 4.78 is 29.7. The van der Waals surface area contributed by atoms with Gasteiger partial charge in [0.2, 0.25) is 0 Å². The molecule has 6 nitrogen and oxygen atoms in total. The van der Waals surface area contributed by atoms with E-state index in [0.29, 0.717) is 17.5 Å². The Morgan fingerprint density at radius 1 is 1.26 bits per heavy atom. The third-order valence-electron chi connectivity index (χ3n) is 3.73. The van der Waals surface area contributed by atoms with Crippen molar-refractivity contribution in [2.75, 3.05) is 5.32 Å². The van der Waals surface area contributed by atoms with Crippen molar-refractivity contribution in [3.8, 4) is 11.4 Å². The predicted molar refractivity (Wildman–Crippen MR) is 80.1 cm³/mol. The van der Waals surface area contributed by atoms with E-state index in [0.717, 1.165) is 23.6 Å². The number of hydrogen-bond donors (Lipinski definition) is 1. The van der Waals surface area contributed by atoms with E-state index in [1.54, 1.807) is 12.1 Å². The maximum Gasteiger partial charge on any atom is 0.387 e. The Morgan fingerprint density at radius 2 is 2.04 bits per heavy atom. The molecule has 0 atom stereocenters. The van der Waals surface area contributed by atoms with Crippen LogP contribution in [0.15, 0.2) is 35.4 Å². The molecule has 1 fully saturated rings. The van der Waals surface area contributed by atoms with Crippen molar-refractivity contribution in [1.82, 2.24) is 14.8 Å². The molecule has 23 heavy (non-hydrogen) atoms. The van der Waals surface area contributed by atoms with Crippen molar-refractivity contribution in [3.05, 3.63) is 40.9 Å². The van der Waals surface area contributed by atoms with Crippen LogP contribution >= 0.6 is 0 Å². The normalized spacial score (nSPS) is 15.1. The van der Waals surface area contributed by atoms with Gasteiger partial charge in [-0.15, -0.1) is 0 Å². The van der Waals surface area contributed by atoms with Crippen molar-refractivity contribution < 1.29 is 13.5 Å². The lowest BCUT2D eigenvalue weighted by Crippen LogP contribution is -2.24. The highest BCUT2D eigenvalue weighted by Gasteiger charge is 2.15. The van der Waals surface area contributed by atoms with Crippen molar-refractivity contribution in [2.24, 2.45) is 0 Å². The van der Waals surface area contributed by atoms with E-state index in [9.17, 15) is 13.6 Å². The van der Waals surface area contributed by atoms with Gasteiger partial charge in [-0.05, 0) is 25.0 Å². The Hall–Kier alpha value is -2.51. The van der Waals surface area contributed by atoms with Crippen molar-refractivity contribution in [1.29, 1.82) is 0 Å². The van der Waals surface area contributed by atoms with Gasteiger partial charge in [-0.3, -0.25) is 4.79 Å². The average Bonchev–Trinajstić information content (AvgIpc) is 3.03. The Balaban J connectivity index is 1.80. The van der Waals surface area contributed by atoms with Crippen LogP contribution in [-0.4, -0.2) is 27.4 Å². The first-order valence-corrected chi connectivity index (χ1v) is 7.39. The summed E-state index contributed by atoms with van der Waals surface area (Å²) in [4.78, 5) is 16.3. The van der Waals surface area contributed by atoms with Gasteiger partial charge in [0, 0.05) is 12.1 Å². The molecule has 8 heteroatoms. The molecule has 0 bridgehead atoms. The number of halogens is 2. The summed E-state index contributed by atoms with van der Waals surface area (Å²) >= 11 is 0. The van der Waals surface area contributed by atoms with Crippen LogP contribution in [0.2, 0.25) is 0 Å². The molecule has 1 aliphatic carbocycles. The summed E-state index contributed by atoms with van der Waals surface area (Å²) in [6.45, 7) is -3.06. The van der Waals surface area contributed by atoms with Crippen LogP contribution in [0.1, 0.15) is 25.7 Å². The lowest BCUT2D eigenvalue weighted by atomic mass is 10.2. The van der Waals surface area contributed by atoms with Crippen LogP contribution in [0.25, 0.3) is 5.69 Å². The second-order valence-corrected chi connectivity index (χ2v) is 5.32. The van der Waals surface area contributed by atoms with Crippen LogP contribution < -0.4 is 15.6 Å². The third-order valence-corrected chi connectivity index (χ3v) is 3.73. The van der Waals surface area contributed by atoms with Crippen LogP contribution in [0, 0.1) is 0 Å². The highest BCUT2D eigenvalue weighted by Crippen LogP contribution is 2.21. The number of nitrogens with one attached hydrogen (secondary N) is 1. The Morgan fingerprint density at radius 3 is 2.70 bits per heavy atom. The monoisotopic (exact) mass is 322 g/mol. The lowest BCUT2D eigenvalue weighted by Gasteiger charge is -2.13. The smallest absolute Gasteiger partial charge is 0.387 e. The van der Waals surface area contributed by atoms with E-state index in [1.807, 2.05) is 0 Å². The molecule has 3 rings (SSSR count). The summed E-state index contributed by atoms with van der Waals surface area (Å²) in [6, 6.07) is 4.93. The van der Waals surface area contributed by atoms with Crippen molar-refractivity contribution in [2.45, 2.75) is 38.3 Å². The molecule has 0 radical (unpaired) electrons. The van der Waals surface area contributed by atoms with Gasteiger partial charge < -0.3 is 10.1 Å². The Labute approximate surface area is 131 Å². The summed E-state index contributed by atoms with van der Waals surface area (Å²) in [5, 5.41) is 7.20. The Kier molecular flexibility index (Phi) is 4.50. The summed E-state index contributed by atoms with van der Waals surface area (Å²) in [5.74, 6) is 0.261. The van der Waals surface area contributed by atoms with Crippen LogP contribution in [0.3, 0.4) is 0 Å². The molecule has 2 aromatic heterocycles. The molecular weight excluding hydrogens is 306 g/mol. The maximum absolute atomic E-state index is 12.3. The van der Waals surface area contributed by atoms with Gasteiger partial charge >= 0.3 is 12.2 Å². The van der Waals surface area contributed by atoms with Gasteiger partial charge in [0.05, 0.1) is 18.1 Å². The zero-order chi connectivity index (χ0) is 16.2. The largest absolute Gasteiger partial charge is 0.429 e. The van der Waals surface area contributed by atoms with Gasteiger partial charge in [-0.1, -0.05) is 12.8 Å². The minimum Gasteiger partial charge on any atom is -0.429 e. The van der Waals surface area contributed by atoms with Crippen molar-refractivity contribution in [3.63, 3.8) is 0 Å². The molecule has 0 aliphatic heterocycles. The second kappa shape index (κ2) is 6.72. The molecule has 2 heterocycles. The maximum atomic E-state index is 12.3. The molecule has 1 aliphatic rings. The minimum atomic E-state index is -3.06. The van der Waals surface area contributed by atoms with Gasteiger partial charge in [0.15, 0.2) is 5.75 Å². The molecular formula is C15H16F2N4O2. The van der Waals surface area contributed by atoms with E-state index < -0.39 is 17.9 Å². The fourth-order valence-corrected chi connectivity index (χ4v) is 2.64. The Bertz CT molecular complexity index is 712. The molecule has 0 amide bonds. The quantitative estimate of drug-likeness (QED) is 0.916. The number of ether oxygens (including phenoxy) is 1. The summed E-state index contributed by atoms with van der Waals surface area (Å²) in [7, 11) is 0. The zero-order valence-corrected chi connectivity index (χ0v) is 12.3. The fourth-order valence-electron chi connectivity index (χ4n) is 2.64. The van der Waals surface area contributed by atoms with Crippen LogP contribution in [-0.2, 0) is 0 Å². The molecule has 1 saturated carbocycles. The molecule has 0 aromatic carbocycles. The molecule has 0 spiro atoms.